The van der Waals surface area contributed by atoms with Crippen molar-refractivity contribution in [2.45, 2.75) is 32.8 Å². The lowest BCUT2D eigenvalue weighted by atomic mass is 10.2. The van der Waals surface area contributed by atoms with Gasteiger partial charge >= 0.3 is 5.97 Å². The van der Waals surface area contributed by atoms with Crippen molar-refractivity contribution in [3.63, 3.8) is 0 Å². The highest BCUT2D eigenvalue weighted by molar-refractivity contribution is 5.69. The Balaban J connectivity index is 2.75. The second-order valence-corrected chi connectivity index (χ2v) is 5.08. The molecule has 8 heteroatoms. The van der Waals surface area contributed by atoms with E-state index in [1.807, 2.05) is 0 Å². The number of esters is 1. The highest BCUT2D eigenvalue weighted by atomic mass is 19.2. The first-order valence-electron chi connectivity index (χ1n) is 5.90. The van der Waals surface area contributed by atoms with Crippen LogP contribution in [0.15, 0.2) is 0 Å². The zero-order valence-electron chi connectivity index (χ0n) is 11.5. The molecule has 3 nitrogen and oxygen atoms in total. The van der Waals surface area contributed by atoms with Crippen LogP contribution in [0.4, 0.5) is 22.0 Å². The minimum Gasteiger partial charge on any atom is -0.487 e. The minimum atomic E-state index is -2.27. The largest absolute Gasteiger partial charge is 0.487 e. The first-order valence-corrected chi connectivity index (χ1v) is 5.90. The fourth-order valence-corrected chi connectivity index (χ4v) is 1.34. The quantitative estimate of drug-likeness (QED) is 0.369. The van der Waals surface area contributed by atoms with Crippen molar-refractivity contribution < 1.29 is 36.2 Å². The monoisotopic (exact) mass is 312 g/mol. The number of hydrogen-bond acceptors (Lipinski definition) is 3. The Hall–Kier alpha value is -1.86. The molecule has 0 fully saturated rings. The van der Waals surface area contributed by atoms with Gasteiger partial charge in [-0.15, -0.1) is 0 Å². The van der Waals surface area contributed by atoms with Gasteiger partial charge in [-0.3, -0.25) is 4.79 Å². The zero-order valence-corrected chi connectivity index (χ0v) is 11.5. The number of carbonyl (C=O) groups is 1. The number of carbonyl (C=O) groups excluding carboxylic acids is 1. The van der Waals surface area contributed by atoms with E-state index >= 15 is 0 Å². The van der Waals surface area contributed by atoms with Crippen LogP contribution in [0.1, 0.15) is 27.2 Å². The molecule has 0 N–H and O–H groups in total. The highest BCUT2D eigenvalue weighted by Gasteiger charge is 2.27. The van der Waals surface area contributed by atoms with Gasteiger partial charge in [-0.1, -0.05) is 0 Å². The fraction of sp³-hybridized carbons (Fsp3) is 0.462. The van der Waals surface area contributed by atoms with Crippen LogP contribution in [0.5, 0.6) is 5.75 Å². The molecule has 0 bridgehead atoms. The van der Waals surface area contributed by atoms with Gasteiger partial charge in [-0.05, 0) is 20.8 Å². The molecule has 0 saturated heterocycles. The Labute approximate surface area is 117 Å². The number of halogens is 5. The van der Waals surface area contributed by atoms with E-state index in [1.54, 1.807) is 20.8 Å². The van der Waals surface area contributed by atoms with E-state index < -0.39 is 59.4 Å². The van der Waals surface area contributed by atoms with Crippen molar-refractivity contribution in [2.75, 3.05) is 6.61 Å². The third-order valence-corrected chi connectivity index (χ3v) is 2.14. The van der Waals surface area contributed by atoms with Crippen LogP contribution in [0.2, 0.25) is 0 Å². The maximum atomic E-state index is 13.2. The molecular formula is C13H13F5O3. The molecule has 21 heavy (non-hydrogen) atoms. The van der Waals surface area contributed by atoms with Crippen LogP contribution in [-0.4, -0.2) is 18.2 Å². The van der Waals surface area contributed by atoms with Crippen LogP contribution in [0.25, 0.3) is 0 Å². The zero-order chi connectivity index (χ0) is 16.4. The number of ether oxygens (including phenoxy) is 2. The Morgan fingerprint density at radius 2 is 1.33 bits per heavy atom. The Morgan fingerprint density at radius 1 is 0.905 bits per heavy atom. The maximum Gasteiger partial charge on any atom is 0.309 e. The normalized spacial score (nSPS) is 11.4. The van der Waals surface area contributed by atoms with Crippen molar-refractivity contribution in [2.24, 2.45) is 0 Å². The van der Waals surface area contributed by atoms with Crippen molar-refractivity contribution >= 4 is 5.97 Å². The number of benzene rings is 1. The Kier molecular flexibility index (Phi) is 5.14. The molecule has 1 rings (SSSR count). The molecule has 1 aromatic carbocycles. The van der Waals surface area contributed by atoms with E-state index in [2.05, 4.69) is 4.74 Å². The topological polar surface area (TPSA) is 35.5 Å². The van der Waals surface area contributed by atoms with Gasteiger partial charge in [0.2, 0.25) is 29.1 Å². The molecule has 0 aliphatic heterocycles. The van der Waals surface area contributed by atoms with Gasteiger partial charge in [0.25, 0.3) is 0 Å². The summed E-state index contributed by atoms with van der Waals surface area (Å²) in [6.45, 7) is 4.23. The molecule has 0 heterocycles. The van der Waals surface area contributed by atoms with E-state index in [0.717, 1.165) is 0 Å². The van der Waals surface area contributed by atoms with E-state index in [1.165, 1.54) is 0 Å². The van der Waals surface area contributed by atoms with Crippen molar-refractivity contribution in [3.05, 3.63) is 29.1 Å². The van der Waals surface area contributed by atoms with Crippen molar-refractivity contribution in [3.8, 4) is 5.75 Å². The third-order valence-electron chi connectivity index (χ3n) is 2.14. The average molecular weight is 312 g/mol. The van der Waals surface area contributed by atoms with Gasteiger partial charge in [0.15, 0.2) is 5.75 Å². The summed E-state index contributed by atoms with van der Waals surface area (Å²) >= 11 is 0. The molecule has 0 amide bonds. The number of hydrogen-bond donors (Lipinski definition) is 0. The van der Waals surface area contributed by atoms with Crippen LogP contribution in [-0.2, 0) is 9.53 Å². The van der Waals surface area contributed by atoms with Gasteiger partial charge in [0, 0.05) is 0 Å². The predicted molar refractivity (Wildman–Crippen MR) is 62.2 cm³/mol. The summed E-state index contributed by atoms with van der Waals surface area (Å²) in [7, 11) is 0. The smallest absolute Gasteiger partial charge is 0.309 e. The average Bonchev–Trinajstić information content (AvgIpc) is 2.36. The van der Waals surface area contributed by atoms with Crippen LogP contribution < -0.4 is 4.74 Å². The second kappa shape index (κ2) is 6.28. The van der Waals surface area contributed by atoms with Crippen LogP contribution in [0.3, 0.4) is 0 Å². The standard InChI is InChI=1S/C13H13F5O3/c1-13(2,3)21-6(19)4-5-20-12-10(17)8(15)7(14)9(16)11(12)18/h4-5H2,1-3H3. The molecule has 0 aliphatic carbocycles. The molecule has 118 valence electrons. The first-order chi connectivity index (χ1) is 9.54. The van der Waals surface area contributed by atoms with Gasteiger partial charge in [-0.25, -0.2) is 13.2 Å². The van der Waals surface area contributed by atoms with Gasteiger partial charge in [0.1, 0.15) is 5.60 Å². The van der Waals surface area contributed by atoms with Gasteiger partial charge < -0.3 is 9.47 Å². The summed E-state index contributed by atoms with van der Waals surface area (Å²) in [6, 6.07) is 0. The maximum absolute atomic E-state index is 13.2. The van der Waals surface area contributed by atoms with Crippen LogP contribution >= 0.6 is 0 Å². The molecular weight excluding hydrogens is 299 g/mol. The minimum absolute atomic E-state index is 0.406. The molecule has 0 aliphatic rings. The molecule has 0 atom stereocenters. The second-order valence-electron chi connectivity index (χ2n) is 5.08. The third kappa shape index (κ3) is 4.30. The fourth-order valence-electron chi connectivity index (χ4n) is 1.34. The summed E-state index contributed by atoms with van der Waals surface area (Å²) in [5, 5.41) is 0. The van der Waals surface area contributed by atoms with Gasteiger partial charge in [0.05, 0.1) is 13.0 Å². The summed E-state index contributed by atoms with van der Waals surface area (Å²) in [5.41, 5.74) is -0.762. The van der Waals surface area contributed by atoms with Crippen molar-refractivity contribution in [1.82, 2.24) is 0 Å². The summed E-state index contributed by atoms with van der Waals surface area (Å²) in [5.74, 6) is -12.8. The van der Waals surface area contributed by atoms with E-state index in [9.17, 15) is 26.7 Å². The molecule has 0 radical (unpaired) electrons. The summed E-state index contributed by atoms with van der Waals surface area (Å²) in [4.78, 5) is 11.3. The van der Waals surface area contributed by atoms with Gasteiger partial charge in [-0.2, -0.15) is 8.78 Å². The lowest BCUT2D eigenvalue weighted by Gasteiger charge is -2.19. The summed E-state index contributed by atoms with van der Waals surface area (Å²) in [6.07, 6.45) is -0.406. The number of rotatable bonds is 4. The SMILES string of the molecule is CC(C)(C)OC(=O)CCOc1c(F)c(F)c(F)c(F)c1F. The Morgan fingerprint density at radius 3 is 1.76 bits per heavy atom. The molecule has 0 aromatic heterocycles. The Bertz CT molecular complexity index is 523. The van der Waals surface area contributed by atoms with E-state index in [4.69, 9.17) is 4.74 Å². The van der Waals surface area contributed by atoms with E-state index in [-0.39, 0.29) is 0 Å². The first kappa shape index (κ1) is 17.2. The molecule has 0 spiro atoms. The highest BCUT2D eigenvalue weighted by Crippen LogP contribution is 2.29. The van der Waals surface area contributed by atoms with Crippen molar-refractivity contribution in [1.29, 1.82) is 0 Å². The van der Waals surface area contributed by atoms with Crippen LogP contribution in [0, 0.1) is 29.1 Å². The van der Waals surface area contributed by atoms with E-state index in [0.29, 0.717) is 0 Å². The lowest BCUT2D eigenvalue weighted by Crippen LogP contribution is -2.25. The molecule has 0 saturated carbocycles. The molecule has 0 unspecified atom stereocenters. The predicted octanol–water partition coefficient (Wildman–Crippen LogP) is 3.49. The summed E-state index contributed by atoms with van der Waals surface area (Å²) < 4.78 is 74.4. The molecule has 1 aromatic rings. The lowest BCUT2D eigenvalue weighted by molar-refractivity contribution is -0.155.